The fourth-order valence-electron chi connectivity index (χ4n) is 7.06. The van der Waals surface area contributed by atoms with E-state index in [1.54, 1.807) is 0 Å². The SMILES string of the molecule is CCCCCCCC/C=C\CCCCCCCC(=O)OCC(COC(=O)CCCCCCC/C=C\CCCCCCCC)COC(=O)CCCCCN1CCC1. The van der Waals surface area contributed by atoms with Crippen LogP contribution in [0.25, 0.3) is 0 Å². The van der Waals surface area contributed by atoms with E-state index in [-0.39, 0.29) is 43.6 Å². The number of rotatable bonds is 42. The van der Waals surface area contributed by atoms with Gasteiger partial charge in [0, 0.05) is 19.3 Å². The molecule has 0 N–H and O–H groups in total. The lowest BCUT2D eigenvalue weighted by molar-refractivity contribution is -0.153. The van der Waals surface area contributed by atoms with Crippen LogP contribution >= 0.6 is 0 Å². The van der Waals surface area contributed by atoms with Crippen LogP contribution in [0, 0.1) is 5.92 Å². The molecule has 1 rings (SSSR count). The molecule has 1 saturated heterocycles. The van der Waals surface area contributed by atoms with Crippen molar-refractivity contribution >= 4 is 17.9 Å². The van der Waals surface area contributed by atoms with Gasteiger partial charge in [-0.1, -0.05) is 147 Å². The number of carbonyl (C=O) groups excluding carboxylic acids is 3. The molecule has 0 amide bonds. The van der Waals surface area contributed by atoms with E-state index in [0.29, 0.717) is 19.3 Å². The minimum absolute atomic E-state index is 0.0910. The highest BCUT2D eigenvalue weighted by Crippen LogP contribution is 2.14. The van der Waals surface area contributed by atoms with Crippen LogP contribution in [0.2, 0.25) is 0 Å². The van der Waals surface area contributed by atoms with Crippen molar-refractivity contribution in [2.75, 3.05) is 39.5 Å². The van der Waals surface area contributed by atoms with E-state index < -0.39 is 0 Å². The first-order valence-corrected chi connectivity index (χ1v) is 24.0. The van der Waals surface area contributed by atoms with Crippen molar-refractivity contribution in [2.24, 2.45) is 5.92 Å². The van der Waals surface area contributed by atoms with E-state index in [1.807, 2.05) is 0 Å². The number of esters is 3. The predicted octanol–water partition coefficient (Wildman–Crippen LogP) is 13.6. The molecule has 56 heavy (non-hydrogen) atoms. The van der Waals surface area contributed by atoms with Crippen molar-refractivity contribution in [1.29, 1.82) is 0 Å². The molecule has 7 nitrogen and oxygen atoms in total. The number of hydrogen-bond donors (Lipinski definition) is 0. The quantitative estimate of drug-likeness (QED) is 0.0264. The molecule has 0 aliphatic carbocycles. The average molecular weight is 788 g/mol. The molecule has 0 aromatic rings. The van der Waals surface area contributed by atoms with Crippen LogP contribution in [0.5, 0.6) is 0 Å². The van der Waals surface area contributed by atoms with Crippen molar-refractivity contribution in [1.82, 2.24) is 4.90 Å². The summed E-state index contributed by atoms with van der Waals surface area (Å²) in [4.78, 5) is 40.0. The Morgan fingerprint density at radius 2 is 0.732 bits per heavy atom. The minimum atomic E-state index is -0.360. The number of likely N-dealkylation sites (tertiary alicyclic amines) is 1. The number of carbonyl (C=O) groups is 3. The molecule has 0 unspecified atom stereocenters. The summed E-state index contributed by atoms with van der Waals surface area (Å²) in [5.74, 6) is -1.07. The van der Waals surface area contributed by atoms with Crippen LogP contribution in [-0.4, -0.2) is 62.3 Å². The Morgan fingerprint density at radius 3 is 1.05 bits per heavy atom. The first kappa shape index (κ1) is 51.9. The molecular weight excluding hydrogens is 699 g/mol. The third-order valence-corrected chi connectivity index (χ3v) is 11.0. The Bertz CT molecular complexity index is 904. The molecule has 0 aromatic carbocycles. The minimum Gasteiger partial charge on any atom is -0.465 e. The molecule has 1 heterocycles. The van der Waals surface area contributed by atoms with E-state index in [2.05, 4.69) is 43.1 Å². The zero-order valence-corrected chi connectivity index (χ0v) is 36.9. The van der Waals surface area contributed by atoms with E-state index >= 15 is 0 Å². The van der Waals surface area contributed by atoms with Crippen molar-refractivity contribution in [2.45, 2.75) is 226 Å². The van der Waals surface area contributed by atoms with Gasteiger partial charge in [-0.25, -0.2) is 0 Å². The summed E-state index contributed by atoms with van der Waals surface area (Å²) >= 11 is 0. The van der Waals surface area contributed by atoms with Gasteiger partial charge in [0.15, 0.2) is 0 Å². The maximum absolute atomic E-state index is 12.5. The normalized spacial score (nSPS) is 13.2. The second kappa shape index (κ2) is 41.0. The maximum atomic E-state index is 12.5. The largest absolute Gasteiger partial charge is 0.465 e. The number of hydrogen-bond acceptors (Lipinski definition) is 7. The highest BCUT2D eigenvalue weighted by molar-refractivity contribution is 5.70. The fraction of sp³-hybridized carbons (Fsp3) is 0.857. The van der Waals surface area contributed by atoms with Gasteiger partial charge in [0.05, 0.1) is 5.92 Å². The van der Waals surface area contributed by atoms with E-state index in [4.69, 9.17) is 14.2 Å². The maximum Gasteiger partial charge on any atom is 0.305 e. The molecule has 1 aliphatic heterocycles. The molecule has 1 aliphatic rings. The average Bonchev–Trinajstić information content (AvgIpc) is 3.18. The summed E-state index contributed by atoms with van der Waals surface area (Å²) in [7, 11) is 0. The van der Waals surface area contributed by atoms with Crippen LogP contribution in [0.3, 0.4) is 0 Å². The third-order valence-electron chi connectivity index (χ3n) is 11.0. The summed E-state index contributed by atoms with van der Waals surface area (Å²) in [6.45, 7) is 8.31. The second-order valence-corrected chi connectivity index (χ2v) is 16.6. The van der Waals surface area contributed by atoms with Crippen molar-refractivity contribution < 1.29 is 28.6 Å². The molecule has 0 aromatic heterocycles. The summed E-state index contributed by atoms with van der Waals surface area (Å²) in [6, 6.07) is 0. The van der Waals surface area contributed by atoms with Gasteiger partial charge in [0.2, 0.25) is 0 Å². The molecular formula is C49H89NO6. The van der Waals surface area contributed by atoms with Crippen LogP contribution in [0.4, 0.5) is 0 Å². The molecule has 326 valence electrons. The smallest absolute Gasteiger partial charge is 0.305 e. The lowest BCUT2D eigenvalue weighted by atomic mass is 10.1. The summed E-state index contributed by atoms with van der Waals surface area (Å²) in [6.07, 6.45) is 46.3. The monoisotopic (exact) mass is 788 g/mol. The lowest BCUT2D eigenvalue weighted by Gasteiger charge is -2.30. The number of unbranched alkanes of at least 4 members (excludes halogenated alkanes) is 24. The van der Waals surface area contributed by atoms with E-state index in [1.165, 1.54) is 135 Å². The van der Waals surface area contributed by atoms with Crippen LogP contribution < -0.4 is 0 Å². The Morgan fingerprint density at radius 1 is 0.429 bits per heavy atom. The predicted molar refractivity (Wildman–Crippen MR) is 235 cm³/mol. The molecule has 1 fully saturated rings. The van der Waals surface area contributed by atoms with Crippen molar-refractivity contribution in [3.63, 3.8) is 0 Å². The first-order valence-electron chi connectivity index (χ1n) is 24.0. The number of allylic oxidation sites excluding steroid dienone is 4. The molecule has 0 radical (unpaired) electrons. The van der Waals surface area contributed by atoms with Crippen LogP contribution in [0.15, 0.2) is 24.3 Å². The van der Waals surface area contributed by atoms with Crippen LogP contribution in [0.1, 0.15) is 226 Å². The number of ether oxygens (including phenoxy) is 3. The lowest BCUT2D eigenvalue weighted by Crippen LogP contribution is -2.37. The zero-order valence-electron chi connectivity index (χ0n) is 36.9. The van der Waals surface area contributed by atoms with Gasteiger partial charge < -0.3 is 19.1 Å². The van der Waals surface area contributed by atoms with Gasteiger partial charge in [0.25, 0.3) is 0 Å². The highest BCUT2D eigenvalue weighted by Gasteiger charge is 2.18. The molecule has 7 heteroatoms. The van der Waals surface area contributed by atoms with Gasteiger partial charge in [-0.05, 0) is 103 Å². The van der Waals surface area contributed by atoms with Crippen molar-refractivity contribution in [3.8, 4) is 0 Å². The van der Waals surface area contributed by atoms with E-state index in [0.717, 1.165) is 77.2 Å². The zero-order chi connectivity index (χ0) is 40.4. The Balaban J connectivity index is 2.22. The Kier molecular flexibility index (Phi) is 38.0. The topological polar surface area (TPSA) is 82.1 Å². The van der Waals surface area contributed by atoms with Crippen molar-refractivity contribution in [3.05, 3.63) is 24.3 Å². The van der Waals surface area contributed by atoms with Gasteiger partial charge in [-0.2, -0.15) is 0 Å². The Hall–Kier alpha value is -2.15. The first-order chi connectivity index (χ1) is 27.5. The van der Waals surface area contributed by atoms with Gasteiger partial charge in [-0.3, -0.25) is 14.4 Å². The van der Waals surface area contributed by atoms with Gasteiger partial charge >= 0.3 is 17.9 Å². The summed E-state index contributed by atoms with van der Waals surface area (Å²) in [5, 5.41) is 0. The highest BCUT2D eigenvalue weighted by atomic mass is 16.6. The van der Waals surface area contributed by atoms with Gasteiger partial charge in [0.1, 0.15) is 19.8 Å². The summed E-state index contributed by atoms with van der Waals surface area (Å²) in [5.41, 5.74) is 0. The fourth-order valence-corrected chi connectivity index (χ4v) is 7.06. The standard InChI is InChI=1S/C49H89NO6/c1-3-5-7-9-11-13-15-17-19-21-23-25-27-29-32-37-47(51)54-43-46(45-56-49(53)39-34-31-35-40-50-41-36-42-50)44-55-48(52)38-33-30-28-26-24-22-20-18-16-14-12-10-8-6-4-2/h17-20,46H,3-16,21-45H2,1-2H3/b19-17-,20-18-. The number of nitrogens with zero attached hydrogens (tertiary/aromatic N) is 1. The van der Waals surface area contributed by atoms with E-state index in [9.17, 15) is 14.4 Å². The second-order valence-electron chi connectivity index (χ2n) is 16.6. The molecule has 0 saturated carbocycles. The molecule has 0 spiro atoms. The summed E-state index contributed by atoms with van der Waals surface area (Å²) < 4.78 is 16.7. The molecule has 0 bridgehead atoms. The third kappa shape index (κ3) is 36.2. The Labute approximate surface area is 345 Å². The molecule has 0 atom stereocenters. The van der Waals surface area contributed by atoms with Crippen LogP contribution in [-0.2, 0) is 28.6 Å². The van der Waals surface area contributed by atoms with Gasteiger partial charge in [-0.15, -0.1) is 0 Å².